The quantitative estimate of drug-likeness (QED) is 0.320. The molecule has 184 valence electrons. The summed E-state index contributed by atoms with van der Waals surface area (Å²) < 4.78 is 11.9. The fraction of sp³-hybridized carbons (Fsp3) is 0.300. The zero-order valence-corrected chi connectivity index (χ0v) is 20.6. The predicted octanol–water partition coefficient (Wildman–Crippen LogP) is 4.48. The topological polar surface area (TPSA) is 71.8 Å². The highest BCUT2D eigenvalue weighted by Gasteiger charge is 2.27. The third kappa shape index (κ3) is 4.33. The van der Waals surface area contributed by atoms with Crippen LogP contribution in [0.15, 0.2) is 60.7 Å². The number of phenols is 1. The van der Waals surface area contributed by atoms with Crippen molar-refractivity contribution < 1.29 is 19.5 Å². The van der Waals surface area contributed by atoms with Crippen LogP contribution in [0.5, 0.6) is 17.2 Å². The monoisotopic (exact) mass is 482 g/mol. The van der Waals surface area contributed by atoms with E-state index in [0.717, 1.165) is 58.1 Å². The second-order valence-corrected chi connectivity index (χ2v) is 9.80. The van der Waals surface area contributed by atoms with Crippen LogP contribution in [-0.2, 0) is 6.42 Å². The lowest BCUT2D eigenvalue weighted by Crippen LogP contribution is -3.13. The fourth-order valence-electron chi connectivity index (χ4n) is 5.52. The number of benzene rings is 3. The fourth-order valence-corrected chi connectivity index (χ4v) is 5.52. The molecular weight excluding hydrogens is 450 g/mol. The summed E-state index contributed by atoms with van der Waals surface area (Å²) in [6.07, 6.45) is 4.81. The molecule has 6 rings (SSSR count). The number of aromatic hydroxyl groups is 1. The molecule has 2 heterocycles. The minimum atomic E-state index is 0.273. The van der Waals surface area contributed by atoms with Crippen LogP contribution >= 0.6 is 0 Å². The van der Waals surface area contributed by atoms with Crippen molar-refractivity contribution >= 4 is 0 Å². The van der Waals surface area contributed by atoms with Gasteiger partial charge in [-0.05, 0) is 60.2 Å². The van der Waals surface area contributed by atoms with Gasteiger partial charge in [0, 0.05) is 23.1 Å². The van der Waals surface area contributed by atoms with E-state index in [0.29, 0.717) is 6.61 Å². The van der Waals surface area contributed by atoms with Crippen molar-refractivity contribution in [3.05, 3.63) is 71.8 Å². The number of hydrogen-bond donors (Lipinski definition) is 3. The predicted molar refractivity (Wildman–Crippen MR) is 141 cm³/mol. The SMILES string of the molecule is COc1cc2c(cc1OCC[NH+]1CCCCC1)-c1[nH]nc(-c3ccc(-c4ccc(O)cc4)cc3)c1C2. The lowest BCUT2D eigenvalue weighted by molar-refractivity contribution is -0.904. The van der Waals surface area contributed by atoms with Gasteiger partial charge in [-0.2, -0.15) is 5.10 Å². The van der Waals surface area contributed by atoms with E-state index in [1.807, 2.05) is 12.1 Å². The number of H-pyrrole nitrogens is 1. The summed E-state index contributed by atoms with van der Waals surface area (Å²) in [5.41, 5.74) is 8.88. The molecule has 0 radical (unpaired) electrons. The molecule has 1 aromatic heterocycles. The molecule has 6 heteroatoms. The van der Waals surface area contributed by atoms with Crippen molar-refractivity contribution in [2.75, 3.05) is 33.4 Å². The molecule has 1 aliphatic heterocycles. The molecule has 6 nitrogen and oxygen atoms in total. The molecule has 3 aromatic carbocycles. The molecule has 0 amide bonds. The first kappa shape index (κ1) is 22.7. The maximum Gasteiger partial charge on any atom is 0.162 e. The van der Waals surface area contributed by atoms with E-state index < -0.39 is 0 Å². The minimum Gasteiger partial charge on any atom is -0.508 e. The van der Waals surface area contributed by atoms with Crippen LogP contribution in [0.4, 0.5) is 0 Å². The normalized spacial score (nSPS) is 14.9. The summed E-state index contributed by atoms with van der Waals surface area (Å²) >= 11 is 0. The second-order valence-electron chi connectivity index (χ2n) is 9.80. The van der Waals surface area contributed by atoms with Crippen molar-refractivity contribution in [3.63, 3.8) is 0 Å². The smallest absolute Gasteiger partial charge is 0.162 e. The number of fused-ring (bicyclic) bond motifs is 3. The lowest BCUT2D eigenvalue weighted by atomic mass is 10.0. The van der Waals surface area contributed by atoms with Crippen LogP contribution in [0.2, 0.25) is 0 Å². The number of rotatable bonds is 7. The van der Waals surface area contributed by atoms with Gasteiger partial charge < -0.3 is 19.5 Å². The number of piperidine rings is 1. The lowest BCUT2D eigenvalue weighted by Gasteiger charge is -2.23. The number of likely N-dealkylation sites (tertiary alicyclic amines) is 1. The highest BCUT2D eigenvalue weighted by atomic mass is 16.5. The summed E-state index contributed by atoms with van der Waals surface area (Å²) in [4.78, 5) is 1.64. The number of quaternary nitrogens is 1. The zero-order chi connectivity index (χ0) is 24.5. The highest BCUT2D eigenvalue weighted by molar-refractivity contribution is 5.83. The van der Waals surface area contributed by atoms with Crippen LogP contribution in [0, 0.1) is 0 Å². The van der Waals surface area contributed by atoms with Crippen LogP contribution in [0.25, 0.3) is 33.6 Å². The van der Waals surface area contributed by atoms with E-state index in [1.165, 1.54) is 43.5 Å². The van der Waals surface area contributed by atoms with E-state index in [-0.39, 0.29) is 5.75 Å². The van der Waals surface area contributed by atoms with Crippen molar-refractivity contribution in [2.45, 2.75) is 25.7 Å². The average molecular weight is 483 g/mol. The summed E-state index contributed by atoms with van der Waals surface area (Å²) in [6.45, 7) is 4.22. The summed E-state index contributed by atoms with van der Waals surface area (Å²) in [5, 5.41) is 17.5. The molecule has 1 saturated heterocycles. The van der Waals surface area contributed by atoms with E-state index in [2.05, 4.69) is 46.6 Å². The average Bonchev–Trinajstić information content (AvgIpc) is 3.48. The Labute approximate surface area is 211 Å². The maximum absolute atomic E-state index is 9.55. The standard InChI is InChI=1S/C30H31N3O3/c1-35-27-18-23-17-26-29(22-7-5-20(6-8-22)21-9-11-24(34)12-10-21)31-32-30(26)25(23)19-28(27)36-16-15-33-13-3-2-4-14-33/h5-12,18-19,34H,2-4,13-17H2,1H3,(H,31,32)/p+1. The first-order chi connectivity index (χ1) is 17.7. The molecule has 4 aromatic rings. The van der Waals surface area contributed by atoms with Gasteiger partial charge in [0.1, 0.15) is 18.9 Å². The molecule has 3 N–H and O–H groups in total. The van der Waals surface area contributed by atoms with Crippen LogP contribution < -0.4 is 14.4 Å². The molecule has 1 aliphatic carbocycles. The van der Waals surface area contributed by atoms with Gasteiger partial charge in [-0.15, -0.1) is 0 Å². The van der Waals surface area contributed by atoms with Crippen LogP contribution in [0.3, 0.4) is 0 Å². The number of methoxy groups -OCH3 is 1. The second kappa shape index (κ2) is 9.70. The number of nitrogens with zero attached hydrogens (tertiary/aromatic N) is 1. The number of phenolic OH excluding ortho intramolecular Hbond substituents is 1. The molecule has 0 bridgehead atoms. The van der Waals surface area contributed by atoms with Gasteiger partial charge >= 0.3 is 0 Å². The summed E-state index contributed by atoms with van der Waals surface area (Å²) in [7, 11) is 1.71. The van der Waals surface area contributed by atoms with Crippen LogP contribution in [0.1, 0.15) is 30.4 Å². The third-order valence-electron chi connectivity index (χ3n) is 7.53. The highest BCUT2D eigenvalue weighted by Crippen LogP contribution is 2.44. The maximum atomic E-state index is 9.55. The van der Waals surface area contributed by atoms with Crippen molar-refractivity contribution in [3.8, 4) is 50.9 Å². The summed E-state index contributed by atoms with van der Waals surface area (Å²) in [6, 6.07) is 19.9. The van der Waals surface area contributed by atoms with Crippen LogP contribution in [-0.4, -0.2) is 48.7 Å². The molecule has 1 fully saturated rings. The van der Waals surface area contributed by atoms with Crippen molar-refractivity contribution in [1.29, 1.82) is 0 Å². The Morgan fingerprint density at radius 2 is 1.58 bits per heavy atom. The first-order valence-electron chi connectivity index (χ1n) is 12.8. The molecule has 0 saturated carbocycles. The van der Waals surface area contributed by atoms with Gasteiger partial charge in [0.25, 0.3) is 0 Å². The first-order valence-corrected chi connectivity index (χ1v) is 12.8. The van der Waals surface area contributed by atoms with Crippen molar-refractivity contribution in [2.24, 2.45) is 0 Å². The number of aromatic amines is 1. The van der Waals surface area contributed by atoms with Crippen molar-refractivity contribution in [1.82, 2.24) is 10.2 Å². The molecule has 0 spiro atoms. The molecule has 36 heavy (non-hydrogen) atoms. The Morgan fingerprint density at radius 3 is 2.31 bits per heavy atom. The molecular formula is C30H32N3O3+. The Bertz CT molecular complexity index is 1350. The Hall–Kier alpha value is -3.77. The summed E-state index contributed by atoms with van der Waals surface area (Å²) in [5.74, 6) is 1.87. The van der Waals surface area contributed by atoms with E-state index in [4.69, 9.17) is 9.47 Å². The number of hydrogen-bond acceptors (Lipinski definition) is 4. The number of ether oxygens (including phenoxy) is 2. The number of aromatic nitrogens is 2. The minimum absolute atomic E-state index is 0.273. The Balaban J connectivity index is 1.22. The van der Waals surface area contributed by atoms with E-state index in [1.54, 1.807) is 24.1 Å². The Morgan fingerprint density at radius 1 is 0.889 bits per heavy atom. The van der Waals surface area contributed by atoms with Gasteiger partial charge in [-0.25, -0.2) is 0 Å². The molecule has 2 aliphatic rings. The van der Waals surface area contributed by atoms with Gasteiger partial charge in [0.2, 0.25) is 0 Å². The third-order valence-corrected chi connectivity index (χ3v) is 7.53. The zero-order valence-electron chi connectivity index (χ0n) is 20.6. The number of nitrogens with one attached hydrogen (secondary N) is 2. The van der Waals surface area contributed by atoms with Gasteiger partial charge in [-0.3, -0.25) is 5.10 Å². The van der Waals surface area contributed by atoms with Gasteiger partial charge in [0.05, 0.1) is 31.6 Å². The van der Waals surface area contributed by atoms with Gasteiger partial charge in [0.15, 0.2) is 11.5 Å². The van der Waals surface area contributed by atoms with E-state index in [9.17, 15) is 5.11 Å². The largest absolute Gasteiger partial charge is 0.508 e. The van der Waals surface area contributed by atoms with Gasteiger partial charge in [-0.1, -0.05) is 36.4 Å². The Kier molecular flexibility index (Phi) is 6.11. The molecule has 0 unspecified atom stereocenters. The van der Waals surface area contributed by atoms with E-state index >= 15 is 0 Å². The molecule has 0 atom stereocenters.